The topological polar surface area (TPSA) is 50.4 Å². The Hall–Kier alpha value is -3.32. The van der Waals surface area contributed by atoms with Crippen molar-refractivity contribution in [1.82, 2.24) is 10.6 Å². The van der Waals surface area contributed by atoms with Crippen molar-refractivity contribution in [1.29, 1.82) is 0 Å². The van der Waals surface area contributed by atoms with Crippen molar-refractivity contribution in [3.8, 4) is 11.5 Å². The quantitative estimate of drug-likeness (QED) is 0.206. The van der Waals surface area contributed by atoms with Gasteiger partial charge in [0.1, 0.15) is 17.7 Å². The first-order chi connectivity index (χ1) is 17.1. The number of amides is 1. The van der Waals surface area contributed by atoms with Gasteiger partial charge in [0.05, 0.1) is 0 Å². The maximum absolute atomic E-state index is 13.9. The number of alkyl halides is 3. The SMILES string of the molecule is C=C(C)C(F)CNCC[C@@H](C)NC(=O)c1ccc2c(Oc3ccc(C(F)(F)CC)cc3)cccc2c1. The van der Waals surface area contributed by atoms with Gasteiger partial charge in [-0.25, -0.2) is 13.2 Å². The lowest BCUT2D eigenvalue weighted by atomic mass is 10.0. The molecule has 0 saturated heterocycles. The van der Waals surface area contributed by atoms with E-state index in [4.69, 9.17) is 4.74 Å². The van der Waals surface area contributed by atoms with E-state index in [1.165, 1.54) is 31.2 Å². The summed E-state index contributed by atoms with van der Waals surface area (Å²) < 4.78 is 47.3. The summed E-state index contributed by atoms with van der Waals surface area (Å²) in [7, 11) is 0. The zero-order chi connectivity index (χ0) is 26.3. The van der Waals surface area contributed by atoms with Gasteiger partial charge < -0.3 is 15.4 Å². The number of halogens is 3. The van der Waals surface area contributed by atoms with Crippen molar-refractivity contribution in [2.75, 3.05) is 13.1 Å². The predicted octanol–water partition coefficient (Wildman–Crippen LogP) is 7.15. The molecule has 1 amide bonds. The standard InChI is InChI=1S/C29H33F3N2O2/c1-5-29(31,32)23-10-12-24(13-11-23)36-27-8-6-7-21-17-22(9-14-25(21)27)28(35)34-20(4)15-16-33-18-26(30)19(2)3/h6-14,17,20,26,33H,2,5,15-16,18H2,1,3-4H3,(H,34,35)/t20-,26?/m1/s1. The van der Waals surface area contributed by atoms with Crippen molar-refractivity contribution in [2.45, 2.75) is 51.7 Å². The Bertz CT molecular complexity index is 1190. The molecule has 192 valence electrons. The molecule has 2 N–H and O–H groups in total. The van der Waals surface area contributed by atoms with Crippen LogP contribution in [0.5, 0.6) is 11.5 Å². The smallest absolute Gasteiger partial charge is 0.273 e. The van der Waals surface area contributed by atoms with Crippen LogP contribution >= 0.6 is 0 Å². The first-order valence-electron chi connectivity index (χ1n) is 12.1. The first-order valence-corrected chi connectivity index (χ1v) is 12.1. The van der Waals surface area contributed by atoms with Crippen LogP contribution in [0.1, 0.15) is 49.5 Å². The monoisotopic (exact) mass is 498 g/mol. The molecule has 0 aliphatic carbocycles. The summed E-state index contributed by atoms with van der Waals surface area (Å²) >= 11 is 0. The summed E-state index contributed by atoms with van der Waals surface area (Å²) in [6.07, 6.45) is -0.688. The predicted molar refractivity (Wildman–Crippen MR) is 139 cm³/mol. The Kier molecular flexibility index (Phi) is 9.15. The number of fused-ring (bicyclic) bond motifs is 1. The van der Waals surface area contributed by atoms with Crippen LogP contribution in [0.15, 0.2) is 72.8 Å². The van der Waals surface area contributed by atoms with Crippen molar-refractivity contribution in [3.05, 3.63) is 83.9 Å². The number of hydrogen-bond acceptors (Lipinski definition) is 3. The van der Waals surface area contributed by atoms with Crippen LogP contribution in [0.3, 0.4) is 0 Å². The molecule has 0 aromatic heterocycles. The number of nitrogens with one attached hydrogen (secondary N) is 2. The summed E-state index contributed by atoms with van der Waals surface area (Å²) in [5.41, 5.74) is 0.953. The van der Waals surface area contributed by atoms with Gasteiger partial charge in [0.25, 0.3) is 11.8 Å². The fourth-order valence-electron chi connectivity index (χ4n) is 3.68. The van der Waals surface area contributed by atoms with E-state index in [-0.39, 0.29) is 30.5 Å². The average molecular weight is 499 g/mol. The third kappa shape index (κ3) is 7.10. The molecular weight excluding hydrogens is 465 g/mol. The van der Waals surface area contributed by atoms with E-state index < -0.39 is 12.1 Å². The third-order valence-electron chi connectivity index (χ3n) is 6.04. The molecule has 2 atom stereocenters. The zero-order valence-corrected chi connectivity index (χ0v) is 20.9. The number of ether oxygens (including phenoxy) is 1. The van der Waals surface area contributed by atoms with Crippen LogP contribution in [-0.4, -0.2) is 31.2 Å². The van der Waals surface area contributed by atoms with Gasteiger partial charge >= 0.3 is 0 Å². The Morgan fingerprint density at radius 1 is 1.11 bits per heavy atom. The van der Waals surface area contributed by atoms with Crippen LogP contribution < -0.4 is 15.4 Å². The lowest BCUT2D eigenvalue weighted by molar-refractivity contribution is -0.00831. The molecule has 0 bridgehead atoms. The van der Waals surface area contributed by atoms with E-state index >= 15 is 0 Å². The summed E-state index contributed by atoms with van der Waals surface area (Å²) in [6, 6.07) is 16.5. The highest BCUT2D eigenvalue weighted by atomic mass is 19.3. The van der Waals surface area contributed by atoms with E-state index in [0.717, 1.165) is 10.8 Å². The number of benzene rings is 3. The highest BCUT2D eigenvalue weighted by Gasteiger charge is 2.28. The van der Waals surface area contributed by atoms with E-state index in [0.29, 0.717) is 35.6 Å². The lowest BCUT2D eigenvalue weighted by Gasteiger charge is -2.16. The zero-order valence-electron chi connectivity index (χ0n) is 20.9. The fourth-order valence-corrected chi connectivity index (χ4v) is 3.68. The molecule has 0 aliphatic heterocycles. The van der Waals surface area contributed by atoms with E-state index in [1.807, 2.05) is 25.1 Å². The molecule has 0 fully saturated rings. The molecule has 4 nitrogen and oxygen atoms in total. The lowest BCUT2D eigenvalue weighted by Crippen LogP contribution is -2.36. The van der Waals surface area contributed by atoms with Crippen LogP contribution in [0.4, 0.5) is 13.2 Å². The number of carbonyl (C=O) groups excluding carboxylic acids is 1. The second-order valence-electron chi connectivity index (χ2n) is 9.06. The van der Waals surface area contributed by atoms with Gasteiger partial charge in [-0.1, -0.05) is 25.6 Å². The number of rotatable bonds is 12. The van der Waals surface area contributed by atoms with E-state index in [1.54, 1.807) is 25.1 Å². The molecule has 3 aromatic rings. The highest BCUT2D eigenvalue weighted by molar-refractivity contribution is 6.00. The summed E-state index contributed by atoms with van der Waals surface area (Å²) in [6.45, 7) is 9.38. The largest absolute Gasteiger partial charge is 0.457 e. The Morgan fingerprint density at radius 3 is 2.50 bits per heavy atom. The third-order valence-corrected chi connectivity index (χ3v) is 6.04. The second kappa shape index (κ2) is 12.1. The first kappa shape index (κ1) is 27.3. The van der Waals surface area contributed by atoms with Gasteiger partial charge in [0.2, 0.25) is 0 Å². The molecule has 36 heavy (non-hydrogen) atoms. The minimum absolute atomic E-state index is 0.0468. The van der Waals surface area contributed by atoms with Crippen molar-refractivity contribution < 1.29 is 22.7 Å². The number of carbonyl (C=O) groups is 1. The Morgan fingerprint density at radius 2 is 1.83 bits per heavy atom. The maximum atomic E-state index is 13.9. The number of hydrogen-bond donors (Lipinski definition) is 2. The summed E-state index contributed by atoms with van der Waals surface area (Å²) in [4.78, 5) is 12.7. The van der Waals surface area contributed by atoms with Crippen LogP contribution in [0.2, 0.25) is 0 Å². The maximum Gasteiger partial charge on any atom is 0.273 e. The summed E-state index contributed by atoms with van der Waals surface area (Å²) in [5, 5.41) is 7.62. The van der Waals surface area contributed by atoms with Gasteiger partial charge in [-0.2, -0.15) is 0 Å². The van der Waals surface area contributed by atoms with Crippen LogP contribution in [-0.2, 0) is 5.92 Å². The molecule has 0 saturated carbocycles. The second-order valence-corrected chi connectivity index (χ2v) is 9.06. The minimum atomic E-state index is -2.87. The summed E-state index contributed by atoms with van der Waals surface area (Å²) in [5.74, 6) is -2.06. The normalized spacial score (nSPS) is 13.3. The van der Waals surface area contributed by atoms with Gasteiger partial charge in [-0.05, 0) is 86.3 Å². The van der Waals surface area contributed by atoms with Gasteiger partial charge in [-0.15, -0.1) is 0 Å². The molecule has 7 heteroatoms. The van der Waals surface area contributed by atoms with Gasteiger partial charge in [-0.3, -0.25) is 4.79 Å². The minimum Gasteiger partial charge on any atom is -0.457 e. The van der Waals surface area contributed by atoms with Gasteiger partial charge in [0, 0.05) is 35.5 Å². The molecule has 0 aliphatic rings. The van der Waals surface area contributed by atoms with Crippen LogP contribution in [0, 0.1) is 0 Å². The molecule has 0 radical (unpaired) electrons. The highest BCUT2D eigenvalue weighted by Crippen LogP contribution is 2.34. The van der Waals surface area contributed by atoms with Crippen molar-refractivity contribution in [2.24, 2.45) is 0 Å². The van der Waals surface area contributed by atoms with E-state index in [9.17, 15) is 18.0 Å². The van der Waals surface area contributed by atoms with Crippen molar-refractivity contribution in [3.63, 3.8) is 0 Å². The van der Waals surface area contributed by atoms with Gasteiger partial charge in [0.15, 0.2) is 0 Å². The fraction of sp³-hybridized carbons (Fsp3) is 0.345. The Balaban J connectivity index is 1.63. The average Bonchev–Trinajstić information content (AvgIpc) is 2.86. The molecule has 0 heterocycles. The Labute approximate surface area is 210 Å². The van der Waals surface area contributed by atoms with Crippen LogP contribution in [0.25, 0.3) is 10.8 Å². The molecule has 3 rings (SSSR count). The molecule has 3 aromatic carbocycles. The van der Waals surface area contributed by atoms with Crippen molar-refractivity contribution >= 4 is 16.7 Å². The molecule has 1 unspecified atom stereocenters. The van der Waals surface area contributed by atoms with E-state index in [2.05, 4.69) is 17.2 Å². The molecule has 0 spiro atoms. The molecular formula is C29H33F3N2O2.